The van der Waals surface area contributed by atoms with Gasteiger partial charge in [0.25, 0.3) is 0 Å². The van der Waals surface area contributed by atoms with Crippen LogP contribution >= 0.6 is 0 Å². The molecule has 1 saturated heterocycles. The SMILES string of the molecule is O=C(NCCCOCC1CC1)NCc1ccc(CN2CCCCC2)cc1. The van der Waals surface area contributed by atoms with Gasteiger partial charge in [-0.25, -0.2) is 4.79 Å². The van der Waals surface area contributed by atoms with Crippen molar-refractivity contribution in [3.05, 3.63) is 35.4 Å². The quantitative estimate of drug-likeness (QED) is 0.630. The topological polar surface area (TPSA) is 53.6 Å². The molecular weight excluding hydrogens is 326 g/mol. The van der Waals surface area contributed by atoms with Crippen molar-refractivity contribution >= 4 is 6.03 Å². The molecular formula is C21H33N3O2. The van der Waals surface area contributed by atoms with Crippen molar-refractivity contribution in [1.29, 1.82) is 0 Å². The molecule has 1 saturated carbocycles. The Kier molecular flexibility index (Phi) is 7.77. The van der Waals surface area contributed by atoms with Gasteiger partial charge in [-0.3, -0.25) is 4.90 Å². The number of urea groups is 1. The number of rotatable bonds is 10. The zero-order valence-corrected chi connectivity index (χ0v) is 15.8. The third kappa shape index (κ3) is 7.34. The van der Waals surface area contributed by atoms with E-state index in [0.29, 0.717) is 13.1 Å². The lowest BCUT2D eigenvalue weighted by Gasteiger charge is -2.26. The number of benzene rings is 1. The molecule has 1 heterocycles. The summed E-state index contributed by atoms with van der Waals surface area (Å²) in [5.41, 5.74) is 2.49. The fraction of sp³-hybridized carbons (Fsp3) is 0.667. The molecule has 5 heteroatoms. The fourth-order valence-electron chi connectivity index (χ4n) is 3.29. The van der Waals surface area contributed by atoms with E-state index >= 15 is 0 Å². The molecule has 5 nitrogen and oxygen atoms in total. The zero-order chi connectivity index (χ0) is 18.0. The zero-order valence-electron chi connectivity index (χ0n) is 15.8. The van der Waals surface area contributed by atoms with Crippen LogP contribution in [0.3, 0.4) is 0 Å². The van der Waals surface area contributed by atoms with E-state index in [1.165, 1.54) is 50.8 Å². The molecule has 1 aromatic rings. The monoisotopic (exact) mass is 359 g/mol. The van der Waals surface area contributed by atoms with Crippen molar-refractivity contribution in [2.45, 2.75) is 51.6 Å². The van der Waals surface area contributed by atoms with Crippen molar-refractivity contribution in [2.75, 3.05) is 32.8 Å². The Bertz CT molecular complexity index is 537. The molecule has 0 radical (unpaired) electrons. The van der Waals surface area contributed by atoms with Gasteiger partial charge >= 0.3 is 6.03 Å². The summed E-state index contributed by atoms with van der Waals surface area (Å²) in [7, 11) is 0. The highest BCUT2D eigenvalue weighted by Gasteiger charge is 2.20. The van der Waals surface area contributed by atoms with E-state index in [1.54, 1.807) is 0 Å². The van der Waals surface area contributed by atoms with Crippen LogP contribution in [0.15, 0.2) is 24.3 Å². The average Bonchev–Trinajstić information content (AvgIpc) is 3.49. The number of carbonyl (C=O) groups is 1. The van der Waals surface area contributed by atoms with Crippen molar-refractivity contribution in [3.63, 3.8) is 0 Å². The Morgan fingerprint density at radius 3 is 2.50 bits per heavy atom. The summed E-state index contributed by atoms with van der Waals surface area (Å²) in [5.74, 6) is 0.803. The average molecular weight is 360 g/mol. The van der Waals surface area contributed by atoms with Gasteiger partial charge in [0.1, 0.15) is 0 Å². The predicted molar refractivity (Wildman–Crippen MR) is 104 cm³/mol. The number of hydrogen-bond donors (Lipinski definition) is 2. The smallest absolute Gasteiger partial charge is 0.315 e. The van der Waals surface area contributed by atoms with E-state index < -0.39 is 0 Å². The van der Waals surface area contributed by atoms with Crippen LogP contribution in [0.5, 0.6) is 0 Å². The second-order valence-corrected chi connectivity index (χ2v) is 7.63. The number of ether oxygens (including phenoxy) is 1. The number of nitrogens with zero attached hydrogens (tertiary/aromatic N) is 1. The normalized spacial score (nSPS) is 17.8. The third-order valence-electron chi connectivity index (χ3n) is 5.13. The standard InChI is InChI=1S/C21H33N3O2/c25-21(22-11-4-14-26-17-20-9-10-20)23-15-18-5-7-19(8-6-18)16-24-12-2-1-3-13-24/h5-8,20H,1-4,9-17H2,(H2,22,23,25). The maximum atomic E-state index is 11.8. The van der Waals surface area contributed by atoms with Crippen LogP contribution in [-0.2, 0) is 17.8 Å². The summed E-state index contributed by atoms with van der Waals surface area (Å²) in [5, 5.41) is 5.80. The molecule has 0 aromatic heterocycles. The lowest BCUT2D eigenvalue weighted by atomic mass is 10.1. The predicted octanol–water partition coefficient (Wildman–Crippen LogP) is 3.29. The highest BCUT2D eigenvalue weighted by Crippen LogP contribution is 2.28. The van der Waals surface area contributed by atoms with Gasteiger partial charge in [-0.15, -0.1) is 0 Å². The summed E-state index contributed by atoms with van der Waals surface area (Å²) in [6.07, 6.45) is 7.52. The first-order valence-electron chi connectivity index (χ1n) is 10.2. The molecule has 0 spiro atoms. The van der Waals surface area contributed by atoms with E-state index in [9.17, 15) is 4.79 Å². The molecule has 26 heavy (non-hydrogen) atoms. The summed E-state index contributed by atoms with van der Waals surface area (Å²) in [6, 6.07) is 8.49. The summed E-state index contributed by atoms with van der Waals surface area (Å²) in [4.78, 5) is 14.4. The number of piperidine rings is 1. The van der Waals surface area contributed by atoms with Gasteiger partial charge in [0.2, 0.25) is 0 Å². The minimum atomic E-state index is -0.107. The van der Waals surface area contributed by atoms with E-state index in [0.717, 1.165) is 37.7 Å². The molecule has 2 fully saturated rings. The number of nitrogens with one attached hydrogen (secondary N) is 2. The van der Waals surface area contributed by atoms with Crippen molar-refractivity contribution in [1.82, 2.24) is 15.5 Å². The van der Waals surface area contributed by atoms with E-state index in [-0.39, 0.29) is 6.03 Å². The van der Waals surface area contributed by atoms with Crippen LogP contribution in [0.1, 0.15) is 49.7 Å². The van der Waals surface area contributed by atoms with E-state index in [2.05, 4.69) is 39.8 Å². The molecule has 1 aliphatic carbocycles. The van der Waals surface area contributed by atoms with Gasteiger partial charge in [-0.2, -0.15) is 0 Å². The first-order valence-corrected chi connectivity index (χ1v) is 10.2. The number of carbonyl (C=O) groups excluding carboxylic acids is 1. The number of likely N-dealkylation sites (tertiary alicyclic amines) is 1. The van der Waals surface area contributed by atoms with Crippen molar-refractivity contribution < 1.29 is 9.53 Å². The highest BCUT2D eigenvalue weighted by atomic mass is 16.5. The van der Waals surface area contributed by atoms with Gasteiger partial charge in [0, 0.05) is 32.8 Å². The molecule has 1 aromatic carbocycles. The van der Waals surface area contributed by atoms with Crippen LogP contribution in [0.2, 0.25) is 0 Å². The molecule has 0 unspecified atom stereocenters. The second kappa shape index (κ2) is 10.5. The molecule has 1 aliphatic heterocycles. The fourth-order valence-corrected chi connectivity index (χ4v) is 3.29. The van der Waals surface area contributed by atoms with Gasteiger partial charge in [-0.05, 0) is 62.2 Å². The molecule has 2 aliphatic rings. The van der Waals surface area contributed by atoms with Crippen LogP contribution < -0.4 is 10.6 Å². The van der Waals surface area contributed by atoms with E-state index in [4.69, 9.17) is 4.74 Å². The van der Waals surface area contributed by atoms with Gasteiger partial charge in [0.15, 0.2) is 0 Å². The Labute approximate surface area is 157 Å². The Morgan fingerprint density at radius 2 is 1.77 bits per heavy atom. The number of hydrogen-bond acceptors (Lipinski definition) is 3. The Morgan fingerprint density at radius 1 is 1.04 bits per heavy atom. The van der Waals surface area contributed by atoms with Crippen molar-refractivity contribution in [2.24, 2.45) is 5.92 Å². The van der Waals surface area contributed by atoms with Gasteiger partial charge in [-0.1, -0.05) is 30.7 Å². The molecule has 0 atom stereocenters. The van der Waals surface area contributed by atoms with Crippen LogP contribution in [0.4, 0.5) is 4.79 Å². The molecule has 144 valence electrons. The summed E-state index contributed by atoms with van der Waals surface area (Å²) >= 11 is 0. The van der Waals surface area contributed by atoms with Crippen molar-refractivity contribution in [3.8, 4) is 0 Å². The maximum Gasteiger partial charge on any atom is 0.315 e. The largest absolute Gasteiger partial charge is 0.381 e. The first-order chi connectivity index (χ1) is 12.8. The van der Waals surface area contributed by atoms with Crippen LogP contribution in [0, 0.1) is 5.92 Å². The maximum absolute atomic E-state index is 11.8. The first kappa shape index (κ1) is 19.2. The lowest BCUT2D eigenvalue weighted by molar-refractivity contribution is 0.122. The molecule has 3 rings (SSSR count). The summed E-state index contributed by atoms with van der Waals surface area (Å²) < 4.78 is 5.56. The summed E-state index contributed by atoms with van der Waals surface area (Å²) in [6.45, 7) is 6.32. The molecule has 2 N–H and O–H groups in total. The van der Waals surface area contributed by atoms with Crippen LogP contribution in [0.25, 0.3) is 0 Å². The highest BCUT2D eigenvalue weighted by molar-refractivity contribution is 5.73. The number of amides is 2. The molecule has 2 amide bonds. The minimum absolute atomic E-state index is 0.107. The van der Waals surface area contributed by atoms with E-state index in [1.807, 2.05) is 0 Å². The second-order valence-electron chi connectivity index (χ2n) is 7.63. The third-order valence-corrected chi connectivity index (χ3v) is 5.13. The van der Waals surface area contributed by atoms with Crippen LogP contribution in [-0.4, -0.2) is 43.8 Å². The molecule has 0 bridgehead atoms. The van der Waals surface area contributed by atoms with Gasteiger partial charge in [0.05, 0.1) is 0 Å². The lowest BCUT2D eigenvalue weighted by Crippen LogP contribution is -2.35. The van der Waals surface area contributed by atoms with Gasteiger partial charge < -0.3 is 15.4 Å². The Hall–Kier alpha value is -1.59. The Balaban J connectivity index is 1.25. The minimum Gasteiger partial charge on any atom is -0.381 e.